The molecule has 4 nitrogen and oxygen atoms in total. The van der Waals surface area contributed by atoms with Crippen LogP contribution in [0.15, 0.2) is 12.3 Å². The second-order valence-electron chi connectivity index (χ2n) is 3.78. The Balaban J connectivity index is 1.88. The number of rotatable bonds is 4. The van der Waals surface area contributed by atoms with E-state index in [2.05, 4.69) is 22.2 Å². The lowest BCUT2D eigenvalue weighted by Crippen LogP contribution is -2.07. The molecule has 14 heavy (non-hydrogen) atoms. The van der Waals surface area contributed by atoms with Crippen molar-refractivity contribution in [3.63, 3.8) is 0 Å². The number of hydrogen-bond acceptors (Lipinski definition) is 4. The lowest BCUT2D eigenvalue weighted by molar-refractivity contribution is 0.397. The van der Waals surface area contributed by atoms with E-state index >= 15 is 0 Å². The Morgan fingerprint density at radius 1 is 1.64 bits per heavy atom. The fourth-order valence-electron chi connectivity index (χ4n) is 1.45. The maximum atomic E-state index is 5.01. The van der Waals surface area contributed by atoms with Gasteiger partial charge in [-0.05, 0) is 18.3 Å². The molecule has 1 saturated carbocycles. The van der Waals surface area contributed by atoms with E-state index in [1.54, 1.807) is 19.4 Å². The largest absolute Gasteiger partial charge is 0.481 e. The monoisotopic (exact) mass is 193 g/mol. The zero-order valence-electron chi connectivity index (χ0n) is 8.53. The molecule has 0 saturated heterocycles. The van der Waals surface area contributed by atoms with Crippen LogP contribution in [0.3, 0.4) is 0 Å². The Kier molecular flexibility index (Phi) is 2.52. The lowest BCUT2D eigenvalue weighted by atomic mass is 10.3. The molecule has 1 fully saturated rings. The Hall–Kier alpha value is -1.32. The van der Waals surface area contributed by atoms with Gasteiger partial charge in [0.2, 0.25) is 11.8 Å². The number of hydrogen-bond donors (Lipinski definition) is 1. The van der Waals surface area contributed by atoms with Crippen LogP contribution in [-0.4, -0.2) is 23.6 Å². The van der Waals surface area contributed by atoms with Gasteiger partial charge in [0.15, 0.2) is 0 Å². The van der Waals surface area contributed by atoms with E-state index < -0.39 is 0 Å². The SMILES string of the molecule is COc1ccnc(NCC2CC2C)n1. The minimum Gasteiger partial charge on any atom is -0.481 e. The van der Waals surface area contributed by atoms with Crippen LogP contribution in [0, 0.1) is 11.8 Å². The van der Waals surface area contributed by atoms with Crippen molar-refractivity contribution >= 4 is 5.95 Å². The normalized spacial score (nSPS) is 24.4. The molecule has 76 valence electrons. The summed E-state index contributed by atoms with van der Waals surface area (Å²) in [5.41, 5.74) is 0. The third-order valence-corrected chi connectivity index (χ3v) is 2.64. The van der Waals surface area contributed by atoms with Crippen molar-refractivity contribution in [2.75, 3.05) is 19.0 Å². The molecule has 0 spiro atoms. The molecule has 0 aliphatic heterocycles. The average Bonchev–Trinajstić information content (AvgIpc) is 2.92. The molecule has 1 aromatic rings. The second kappa shape index (κ2) is 3.82. The van der Waals surface area contributed by atoms with Gasteiger partial charge in [-0.3, -0.25) is 0 Å². The zero-order chi connectivity index (χ0) is 9.97. The van der Waals surface area contributed by atoms with Gasteiger partial charge in [0.25, 0.3) is 0 Å². The summed E-state index contributed by atoms with van der Waals surface area (Å²) in [5.74, 6) is 2.91. The summed E-state index contributed by atoms with van der Waals surface area (Å²) < 4.78 is 5.01. The molecule has 1 N–H and O–H groups in total. The molecule has 0 radical (unpaired) electrons. The van der Waals surface area contributed by atoms with Crippen LogP contribution in [0.2, 0.25) is 0 Å². The van der Waals surface area contributed by atoms with E-state index in [4.69, 9.17) is 4.74 Å². The molecule has 0 bridgehead atoms. The van der Waals surface area contributed by atoms with Crippen LogP contribution in [-0.2, 0) is 0 Å². The van der Waals surface area contributed by atoms with Gasteiger partial charge < -0.3 is 10.1 Å². The number of aromatic nitrogens is 2. The Labute approximate surface area is 83.7 Å². The van der Waals surface area contributed by atoms with E-state index in [1.807, 2.05) is 0 Å². The maximum absolute atomic E-state index is 5.01. The summed E-state index contributed by atoms with van der Waals surface area (Å²) in [5, 5.41) is 3.21. The van der Waals surface area contributed by atoms with Crippen LogP contribution in [0.4, 0.5) is 5.95 Å². The van der Waals surface area contributed by atoms with Gasteiger partial charge >= 0.3 is 0 Å². The molecule has 2 rings (SSSR count). The van der Waals surface area contributed by atoms with Crippen molar-refractivity contribution in [1.29, 1.82) is 0 Å². The first-order valence-corrected chi connectivity index (χ1v) is 4.90. The summed E-state index contributed by atoms with van der Waals surface area (Å²) in [6.07, 6.45) is 3.02. The Bertz CT molecular complexity index is 316. The Morgan fingerprint density at radius 3 is 3.07 bits per heavy atom. The van der Waals surface area contributed by atoms with Crippen molar-refractivity contribution in [1.82, 2.24) is 9.97 Å². The third-order valence-electron chi connectivity index (χ3n) is 2.64. The van der Waals surface area contributed by atoms with Crippen molar-refractivity contribution in [2.24, 2.45) is 11.8 Å². The highest BCUT2D eigenvalue weighted by Gasteiger charge is 2.31. The van der Waals surface area contributed by atoms with Gasteiger partial charge in [-0.2, -0.15) is 4.98 Å². The molecule has 0 amide bonds. The van der Waals surface area contributed by atoms with Gasteiger partial charge in [-0.15, -0.1) is 0 Å². The van der Waals surface area contributed by atoms with Gasteiger partial charge in [0.1, 0.15) is 0 Å². The van der Waals surface area contributed by atoms with Gasteiger partial charge in [0, 0.05) is 18.8 Å². The zero-order valence-corrected chi connectivity index (χ0v) is 8.53. The van der Waals surface area contributed by atoms with Crippen molar-refractivity contribution in [3.8, 4) is 5.88 Å². The van der Waals surface area contributed by atoms with Gasteiger partial charge in [-0.25, -0.2) is 4.98 Å². The molecular weight excluding hydrogens is 178 g/mol. The summed E-state index contributed by atoms with van der Waals surface area (Å²) in [4.78, 5) is 8.28. The minimum atomic E-state index is 0.603. The fourth-order valence-corrected chi connectivity index (χ4v) is 1.45. The van der Waals surface area contributed by atoms with Crippen molar-refractivity contribution < 1.29 is 4.74 Å². The first kappa shape index (κ1) is 9.24. The van der Waals surface area contributed by atoms with Crippen LogP contribution >= 0.6 is 0 Å². The number of nitrogens with one attached hydrogen (secondary N) is 1. The molecule has 1 aliphatic rings. The highest BCUT2D eigenvalue weighted by atomic mass is 16.5. The highest BCUT2D eigenvalue weighted by molar-refractivity contribution is 5.27. The van der Waals surface area contributed by atoms with Gasteiger partial charge in [-0.1, -0.05) is 6.92 Å². The van der Waals surface area contributed by atoms with Crippen molar-refractivity contribution in [3.05, 3.63) is 12.3 Å². The fraction of sp³-hybridized carbons (Fsp3) is 0.600. The summed E-state index contributed by atoms with van der Waals surface area (Å²) >= 11 is 0. The lowest BCUT2D eigenvalue weighted by Gasteiger charge is -2.04. The Morgan fingerprint density at radius 2 is 2.43 bits per heavy atom. The average molecular weight is 193 g/mol. The van der Waals surface area contributed by atoms with Crippen molar-refractivity contribution in [2.45, 2.75) is 13.3 Å². The summed E-state index contributed by atoms with van der Waals surface area (Å²) in [6, 6.07) is 1.74. The van der Waals surface area contributed by atoms with Crippen LogP contribution in [0.5, 0.6) is 5.88 Å². The second-order valence-corrected chi connectivity index (χ2v) is 3.78. The summed E-state index contributed by atoms with van der Waals surface area (Å²) in [7, 11) is 1.61. The summed E-state index contributed by atoms with van der Waals surface area (Å²) in [6.45, 7) is 3.23. The predicted octanol–water partition coefficient (Wildman–Crippen LogP) is 1.55. The molecule has 4 heteroatoms. The van der Waals surface area contributed by atoms with Crippen LogP contribution < -0.4 is 10.1 Å². The smallest absolute Gasteiger partial charge is 0.225 e. The third kappa shape index (κ3) is 2.13. The molecule has 1 heterocycles. The molecule has 1 aromatic heterocycles. The van der Waals surface area contributed by atoms with E-state index in [9.17, 15) is 0 Å². The molecule has 2 unspecified atom stereocenters. The molecule has 1 aliphatic carbocycles. The minimum absolute atomic E-state index is 0.603. The highest BCUT2D eigenvalue weighted by Crippen LogP contribution is 2.37. The quantitative estimate of drug-likeness (QED) is 0.788. The topological polar surface area (TPSA) is 47.0 Å². The molecule has 0 aromatic carbocycles. The van der Waals surface area contributed by atoms with E-state index in [-0.39, 0.29) is 0 Å². The van der Waals surface area contributed by atoms with Gasteiger partial charge in [0.05, 0.1) is 7.11 Å². The van der Waals surface area contributed by atoms with E-state index in [0.717, 1.165) is 18.4 Å². The standard InChI is InChI=1S/C10H15N3O/c1-7-5-8(7)6-12-10-11-4-3-9(13-10)14-2/h3-4,7-8H,5-6H2,1-2H3,(H,11,12,13). The first-order chi connectivity index (χ1) is 6.79. The van der Waals surface area contributed by atoms with E-state index in [1.165, 1.54) is 6.42 Å². The number of nitrogens with zero attached hydrogens (tertiary/aromatic N) is 2. The molecular formula is C10H15N3O. The number of ether oxygens (including phenoxy) is 1. The first-order valence-electron chi connectivity index (χ1n) is 4.90. The predicted molar refractivity (Wildman–Crippen MR) is 54.3 cm³/mol. The van der Waals surface area contributed by atoms with Crippen LogP contribution in [0.1, 0.15) is 13.3 Å². The number of methoxy groups -OCH3 is 1. The van der Waals surface area contributed by atoms with Crippen LogP contribution in [0.25, 0.3) is 0 Å². The number of anilines is 1. The van der Waals surface area contributed by atoms with E-state index in [0.29, 0.717) is 11.8 Å². The maximum Gasteiger partial charge on any atom is 0.225 e. The molecule has 2 atom stereocenters.